The molecule has 0 amide bonds. The average molecular weight is 251 g/mol. The van der Waals surface area contributed by atoms with Gasteiger partial charge in [0.25, 0.3) is 0 Å². The molecule has 0 radical (unpaired) electrons. The third kappa shape index (κ3) is 2.86. The van der Waals surface area contributed by atoms with Gasteiger partial charge in [-0.25, -0.2) is 9.97 Å². The predicted octanol–water partition coefficient (Wildman–Crippen LogP) is 0.106. The van der Waals surface area contributed by atoms with Gasteiger partial charge in [-0.3, -0.25) is 0 Å². The zero-order valence-corrected chi connectivity index (χ0v) is 10.3. The smallest absolute Gasteiger partial charge is 0.226 e. The Morgan fingerprint density at radius 3 is 3.06 bits per heavy atom. The number of ether oxygens (including phenoxy) is 1. The molecule has 3 N–H and O–H groups in total. The zero-order valence-electron chi connectivity index (χ0n) is 10.3. The van der Waals surface area contributed by atoms with Gasteiger partial charge in [0.2, 0.25) is 5.95 Å². The van der Waals surface area contributed by atoms with Crippen LogP contribution in [0.4, 0.5) is 5.95 Å². The molecule has 0 aromatic carbocycles. The van der Waals surface area contributed by atoms with Crippen molar-refractivity contribution in [2.75, 3.05) is 31.2 Å². The van der Waals surface area contributed by atoms with E-state index in [4.69, 9.17) is 15.7 Å². The van der Waals surface area contributed by atoms with E-state index in [9.17, 15) is 0 Å². The van der Waals surface area contributed by atoms with Gasteiger partial charge in [0.05, 0.1) is 6.61 Å². The Hall–Kier alpha value is -1.89. The number of rotatable bonds is 2. The Morgan fingerprint density at radius 2 is 2.28 bits per heavy atom. The second-order valence-electron chi connectivity index (χ2n) is 4.13. The van der Waals surface area contributed by atoms with Crippen LogP contribution >= 0.6 is 0 Å². The molecular formula is C11H17N5O2. The molecule has 1 aromatic rings. The number of hydrogen-bond donors (Lipinski definition) is 2. The highest BCUT2D eigenvalue weighted by atomic mass is 16.5. The maximum Gasteiger partial charge on any atom is 0.226 e. The molecule has 2 heterocycles. The SMILES string of the molecule is Cc1cc(/C(N)=N/O)nc(N2CCCOCC2)n1. The molecule has 0 bridgehead atoms. The maximum absolute atomic E-state index is 8.69. The lowest BCUT2D eigenvalue weighted by molar-refractivity contribution is 0.152. The second-order valence-corrected chi connectivity index (χ2v) is 4.13. The largest absolute Gasteiger partial charge is 0.409 e. The van der Waals surface area contributed by atoms with Crippen molar-refractivity contribution in [1.82, 2.24) is 9.97 Å². The minimum absolute atomic E-state index is 0.00665. The highest BCUT2D eigenvalue weighted by Gasteiger charge is 2.15. The lowest BCUT2D eigenvalue weighted by Gasteiger charge is -2.20. The summed E-state index contributed by atoms with van der Waals surface area (Å²) in [6.07, 6.45) is 0.941. The molecule has 98 valence electrons. The van der Waals surface area contributed by atoms with Crippen molar-refractivity contribution in [2.45, 2.75) is 13.3 Å². The van der Waals surface area contributed by atoms with Crippen LogP contribution in [0.15, 0.2) is 11.2 Å². The Morgan fingerprint density at radius 1 is 1.44 bits per heavy atom. The molecule has 1 fully saturated rings. The van der Waals surface area contributed by atoms with Crippen molar-refractivity contribution < 1.29 is 9.94 Å². The highest BCUT2D eigenvalue weighted by molar-refractivity contribution is 5.95. The number of oxime groups is 1. The third-order valence-electron chi connectivity index (χ3n) is 2.72. The van der Waals surface area contributed by atoms with E-state index < -0.39 is 0 Å². The van der Waals surface area contributed by atoms with Gasteiger partial charge in [0, 0.05) is 25.4 Å². The number of amidine groups is 1. The highest BCUT2D eigenvalue weighted by Crippen LogP contribution is 2.12. The Labute approximate surface area is 105 Å². The maximum atomic E-state index is 8.69. The summed E-state index contributed by atoms with van der Waals surface area (Å²) in [7, 11) is 0. The number of aromatic nitrogens is 2. The number of nitrogens with two attached hydrogens (primary N) is 1. The molecule has 18 heavy (non-hydrogen) atoms. The second kappa shape index (κ2) is 5.63. The van der Waals surface area contributed by atoms with Crippen LogP contribution in [0, 0.1) is 6.92 Å². The molecule has 7 nitrogen and oxygen atoms in total. The third-order valence-corrected chi connectivity index (χ3v) is 2.72. The van der Waals surface area contributed by atoms with E-state index in [2.05, 4.69) is 15.1 Å². The van der Waals surface area contributed by atoms with Gasteiger partial charge in [-0.05, 0) is 19.4 Å². The fourth-order valence-electron chi connectivity index (χ4n) is 1.82. The van der Waals surface area contributed by atoms with Crippen molar-refractivity contribution in [1.29, 1.82) is 0 Å². The number of aryl methyl sites for hydroxylation is 1. The summed E-state index contributed by atoms with van der Waals surface area (Å²) in [6.45, 7) is 4.87. The first-order valence-corrected chi connectivity index (χ1v) is 5.87. The molecule has 0 saturated carbocycles. The van der Waals surface area contributed by atoms with Gasteiger partial charge in [-0.2, -0.15) is 0 Å². The van der Waals surface area contributed by atoms with Crippen molar-refractivity contribution in [3.05, 3.63) is 17.5 Å². The van der Waals surface area contributed by atoms with Gasteiger partial charge >= 0.3 is 0 Å². The van der Waals surface area contributed by atoms with E-state index in [1.165, 1.54) is 0 Å². The Balaban J connectivity index is 2.29. The van der Waals surface area contributed by atoms with Crippen molar-refractivity contribution in [3.63, 3.8) is 0 Å². The van der Waals surface area contributed by atoms with E-state index in [1.54, 1.807) is 6.07 Å². The predicted molar refractivity (Wildman–Crippen MR) is 66.9 cm³/mol. The molecule has 1 aliphatic heterocycles. The van der Waals surface area contributed by atoms with Crippen LogP contribution in [0.1, 0.15) is 17.8 Å². The van der Waals surface area contributed by atoms with Gasteiger partial charge in [0.1, 0.15) is 5.69 Å². The van der Waals surface area contributed by atoms with Gasteiger partial charge < -0.3 is 20.6 Å². The normalized spacial score (nSPS) is 17.6. The molecule has 7 heteroatoms. The van der Waals surface area contributed by atoms with Crippen LogP contribution in [0.25, 0.3) is 0 Å². The van der Waals surface area contributed by atoms with Crippen molar-refractivity contribution in [3.8, 4) is 0 Å². The van der Waals surface area contributed by atoms with Crippen LogP contribution in [-0.4, -0.2) is 47.3 Å². The van der Waals surface area contributed by atoms with Crippen LogP contribution < -0.4 is 10.6 Å². The molecule has 1 aromatic heterocycles. The minimum Gasteiger partial charge on any atom is -0.409 e. The van der Waals surface area contributed by atoms with E-state index in [0.29, 0.717) is 18.2 Å². The number of anilines is 1. The first kappa shape index (κ1) is 12.6. The summed E-state index contributed by atoms with van der Waals surface area (Å²) in [6, 6.07) is 1.69. The molecule has 0 spiro atoms. The molecule has 2 rings (SSSR count). The zero-order chi connectivity index (χ0) is 13.0. The summed E-state index contributed by atoms with van der Waals surface area (Å²) in [4.78, 5) is 10.7. The molecule has 0 atom stereocenters. The fourth-order valence-corrected chi connectivity index (χ4v) is 1.82. The summed E-state index contributed by atoms with van der Waals surface area (Å²) in [5.41, 5.74) is 6.78. The molecule has 0 aliphatic carbocycles. The molecule has 0 unspecified atom stereocenters. The summed E-state index contributed by atoms with van der Waals surface area (Å²) in [5, 5.41) is 11.7. The summed E-state index contributed by atoms with van der Waals surface area (Å²) < 4.78 is 5.39. The molecule has 1 aliphatic rings. The van der Waals surface area contributed by atoms with Crippen molar-refractivity contribution >= 4 is 11.8 Å². The number of nitrogens with zero attached hydrogens (tertiary/aromatic N) is 4. The molecular weight excluding hydrogens is 234 g/mol. The number of hydrogen-bond acceptors (Lipinski definition) is 6. The van der Waals surface area contributed by atoms with E-state index in [-0.39, 0.29) is 5.84 Å². The van der Waals surface area contributed by atoms with Crippen LogP contribution in [0.3, 0.4) is 0 Å². The van der Waals surface area contributed by atoms with Crippen molar-refractivity contribution in [2.24, 2.45) is 10.9 Å². The average Bonchev–Trinajstić information content (AvgIpc) is 2.66. The van der Waals surface area contributed by atoms with Crippen LogP contribution in [0.5, 0.6) is 0 Å². The lowest BCUT2D eigenvalue weighted by atomic mass is 10.3. The van der Waals surface area contributed by atoms with E-state index in [1.807, 2.05) is 11.8 Å². The first-order valence-electron chi connectivity index (χ1n) is 5.87. The van der Waals surface area contributed by atoms with E-state index >= 15 is 0 Å². The van der Waals surface area contributed by atoms with Gasteiger partial charge in [-0.15, -0.1) is 0 Å². The summed E-state index contributed by atoms with van der Waals surface area (Å²) in [5.74, 6) is 0.593. The quantitative estimate of drug-likeness (QED) is 0.335. The Bertz CT molecular complexity index is 441. The molecule has 1 saturated heterocycles. The van der Waals surface area contributed by atoms with Crippen LogP contribution in [0.2, 0.25) is 0 Å². The summed E-state index contributed by atoms with van der Waals surface area (Å²) >= 11 is 0. The van der Waals surface area contributed by atoms with Gasteiger partial charge in [-0.1, -0.05) is 5.16 Å². The minimum atomic E-state index is -0.00665. The topological polar surface area (TPSA) is 96.9 Å². The standard InChI is InChI=1S/C11H17N5O2/c1-8-7-9(10(12)15-17)14-11(13-8)16-3-2-5-18-6-4-16/h7,17H,2-6H2,1H3,(H2,12,15). The Kier molecular flexibility index (Phi) is 3.93. The fraction of sp³-hybridized carbons (Fsp3) is 0.545. The lowest BCUT2D eigenvalue weighted by Crippen LogP contribution is -2.29. The monoisotopic (exact) mass is 251 g/mol. The first-order chi connectivity index (χ1) is 8.70. The van der Waals surface area contributed by atoms with E-state index in [0.717, 1.165) is 31.8 Å². The van der Waals surface area contributed by atoms with Crippen LogP contribution in [-0.2, 0) is 4.74 Å². The van der Waals surface area contributed by atoms with Gasteiger partial charge in [0.15, 0.2) is 5.84 Å².